The molecule has 0 spiro atoms. The Morgan fingerprint density at radius 1 is 1.12 bits per heavy atom. The van der Waals surface area contributed by atoms with Gasteiger partial charge in [0.25, 0.3) is 0 Å². The summed E-state index contributed by atoms with van der Waals surface area (Å²) in [4.78, 5) is 16.2. The van der Waals surface area contributed by atoms with Crippen LogP contribution in [0.5, 0.6) is 0 Å². The van der Waals surface area contributed by atoms with Crippen LogP contribution in [0.4, 0.5) is 28.9 Å². The molecule has 1 fully saturated rings. The van der Waals surface area contributed by atoms with Crippen LogP contribution in [0.15, 0.2) is 63.8 Å². The smallest absolute Gasteiger partial charge is 0.388 e. The van der Waals surface area contributed by atoms with Gasteiger partial charge in [0, 0.05) is 45.5 Å². The fourth-order valence-corrected chi connectivity index (χ4v) is 6.13. The topological polar surface area (TPSA) is 160 Å². The molecule has 0 unspecified atom stereocenters. The summed E-state index contributed by atoms with van der Waals surface area (Å²) in [6.45, 7) is 6.41. The number of terminal acetylenes is 1. The average Bonchev–Trinajstić information content (AvgIpc) is 3.09. The SMILES string of the molecule is C#C.CNc1ccc(C/C(CC#N)=C(/CN2CCN(S(=O)(=O)C(C)C)CC2)N2CC(N)=NC=N2)cc1.O=CNc1cc(C(F)(F)F)ccc1F. The molecule has 17 heteroatoms. The maximum Gasteiger partial charge on any atom is 0.416 e. The molecule has 2 heterocycles. The maximum atomic E-state index is 12.8. The molecule has 4 rings (SSSR count). The molecule has 50 heavy (non-hydrogen) atoms. The number of alkyl halides is 3. The third-order valence-electron chi connectivity index (χ3n) is 7.57. The number of nitriles is 1. The molecule has 2 aliphatic rings. The zero-order valence-electron chi connectivity index (χ0n) is 28.0. The van der Waals surface area contributed by atoms with Crippen molar-refractivity contribution in [2.75, 3.05) is 56.9 Å². The molecular weight excluding hydrogens is 678 g/mol. The molecule has 0 bridgehead atoms. The molecule has 0 aliphatic carbocycles. The highest BCUT2D eigenvalue weighted by atomic mass is 32.2. The van der Waals surface area contributed by atoms with Gasteiger partial charge in [0.2, 0.25) is 16.4 Å². The number of allylic oxidation sites excluding steroid dienone is 1. The van der Waals surface area contributed by atoms with Gasteiger partial charge in [0.05, 0.1) is 41.2 Å². The number of nitrogens with one attached hydrogen (secondary N) is 2. The van der Waals surface area contributed by atoms with Gasteiger partial charge in [0.1, 0.15) is 18.0 Å². The molecule has 0 atom stereocenters. The van der Waals surface area contributed by atoms with Gasteiger partial charge >= 0.3 is 6.18 Å². The zero-order chi connectivity index (χ0) is 37.5. The number of aliphatic imine (C=N–C) groups is 1. The Hall–Kier alpha value is -4.97. The lowest BCUT2D eigenvalue weighted by molar-refractivity contribution is -0.137. The number of hydrogen-bond donors (Lipinski definition) is 3. The fraction of sp³-hybridized carbons (Fsp3) is 0.394. The van der Waals surface area contributed by atoms with Crippen molar-refractivity contribution in [3.8, 4) is 18.9 Å². The van der Waals surface area contributed by atoms with Crippen LogP contribution in [0.3, 0.4) is 0 Å². The molecule has 1 saturated heterocycles. The fourth-order valence-electron chi connectivity index (χ4n) is 4.86. The van der Waals surface area contributed by atoms with Gasteiger partial charge < -0.3 is 16.4 Å². The number of amidine groups is 1. The van der Waals surface area contributed by atoms with E-state index in [1.807, 2.05) is 41.6 Å². The number of sulfonamides is 1. The third-order valence-corrected chi connectivity index (χ3v) is 9.84. The normalized spacial score (nSPS) is 15.7. The van der Waals surface area contributed by atoms with E-state index in [0.717, 1.165) is 22.5 Å². The van der Waals surface area contributed by atoms with Gasteiger partial charge in [-0.05, 0) is 61.7 Å². The Kier molecular flexibility index (Phi) is 15.9. The summed E-state index contributed by atoms with van der Waals surface area (Å²) >= 11 is 0. The van der Waals surface area contributed by atoms with Gasteiger partial charge in [-0.25, -0.2) is 17.8 Å². The van der Waals surface area contributed by atoms with Crippen LogP contribution in [0.2, 0.25) is 0 Å². The number of halogens is 4. The summed E-state index contributed by atoms with van der Waals surface area (Å²) in [5.41, 5.74) is 8.47. The van der Waals surface area contributed by atoms with Crippen molar-refractivity contribution in [1.29, 1.82) is 5.26 Å². The number of benzene rings is 2. The number of nitrogens with zero attached hydrogens (tertiary/aromatic N) is 6. The van der Waals surface area contributed by atoms with E-state index in [9.17, 15) is 36.0 Å². The van der Waals surface area contributed by atoms with E-state index in [0.29, 0.717) is 69.7 Å². The summed E-state index contributed by atoms with van der Waals surface area (Å²) in [7, 11) is -1.40. The lowest BCUT2D eigenvalue weighted by atomic mass is 9.99. The molecule has 2 aromatic rings. The second-order valence-electron chi connectivity index (χ2n) is 11.1. The number of amides is 1. The molecule has 4 N–H and O–H groups in total. The first kappa shape index (κ1) is 41.2. The number of nitrogens with two attached hydrogens (primary N) is 1. The molecule has 0 radical (unpaired) electrons. The second kappa shape index (κ2) is 19.3. The van der Waals surface area contributed by atoms with Crippen molar-refractivity contribution in [1.82, 2.24) is 14.2 Å². The van der Waals surface area contributed by atoms with Crippen LogP contribution in [0.1, 0.15) is 31.4 Å². The van der Waals surface area contributed by atoms with Gasteiger partial charge in [-0.15, -0.1) is 12.8 Å². The van der Waals surface area contributed by atoms with E-state index in [1.54, 1.807) is 18.2 Å². The van der Waals surface area contributed by atoms with E-state index in [4.69, 9.17) is 5.73 Å². The quantitative estimate of drug-likeness (QED) is 0.178. The van der Waals surface area contributed by atoms with Crippen LogP contribution < -0.4 is 16.4 Å². The van der Waals surface area contributed by atoms with Crippen molar-refractivity contribution >= 4 is 40.0 Å². The minimum atomic E-state index is -4.55. The molecular formula is C33H41F4N9O3S. The van der Waals surface area contributed by atoms with Gasteiger partial charge in [-0.3, -0.25) is 14.7 Å². The summed E-state index contributed by atoms with van der Waals surface area (Å²) in [6.07, 6.45) is 5.86. The second-order valence-corrected chi connectivity index (χ2v) is 13.6. The third kappa shape index (κ3) is 11.9. The zero-order valence-corrected chi connectivity index (χ0v) is 28.8. The van der Waals surface area contributed by atoms with E-state index in [1.165, 1.54) is 6.34 Å². The highest BCUT2D eigenvalue weighted by Crippen LogP contribution is 2.31. The van der Waals surface area contributed by atoms with Crippen molar-refractivity contribution in [2.24, 2.45) is 15.8 Å². The number of anilines is 2. The molecule has 270 valence electrons. The van der Waals surface area contributed by atoms with Crippen LogP contribution in [0, 0.1) is 30.0 Å². The molecule has 12 nitrogen and oxygen atoms in total. The number of carbonyl (C=O) groups excluding carboxylic acids is 1. The van der Waals surface area contributed by atoms with E-state index in [2.05, 4.69) is 39.2 Å². The molecule has 0 saturated carbocycles. The van der Waals surface area contributed by atoms with Gasteiger partial charge in [0.15, 0.2) is 0 Å². The summed E-state index contributed by atoms with van der Waals surface area (Å²) in [6, 6.07) is 12.2. The van der Waals surface area contributed by atoms with Gasteiger partial charge in [-0.2, -0.15) is 27.8 Å². The first-order valence-corrected chi connectivity index (χ1v) is 16.8. The van der Waals surface area contributed by atoms with Crippen molar-refractivity contribution in [3.63, 3.8) is 0 Å². The lowest BCUT2D eigenvalue weighted by Gasteiger charge is -2.37. The van der Waals surface area contributed by atoms with Crippen LogP contribution in [-0.2, 0) is 27.4 Å². The minimum absolute atomic E-state index is 0.110. The number of rotatable bonds is 11. The Morgan fingerprint density at radius 3 is 2.28 bits per heavy atom. The van der Waals surface area contributed by atoms with Crippen molar-refractivity contribution < 1.29 is 30.8 Å². The van der Waals surface area contributed by atoms with E-state index >= 15 is 0 Å². The Balaban J connectivity index is 0.000000452. The molecule has 1 amide bonds. The highest BCUT2D eigenvalue weighted by molar-refractivity contribution is 7.89. The summed E-state index contributed by atoms with van der Waals surface area (Å²) < 4.78 is 75.7. The van der Waals surface area contributed by atoms with Crippen molar-refractivity contribution in [2.45, 2.75) is 38.1 Å². The van der Waals surface area contributed by atoms with E-state index in [-0.39, 0.29) is 12.8 Å². The van der Waals surface area contributed by atoms with Gasteiger partial charge in [-0.1, -0.05) is 12.1 Å². The number of hydrazone groups is 1. The molecule has 0 aromatic heterocycles. The summed E-state index contributed by atoms with van der Waals surface area (Å²) in [5, 5.41) is 20.3. The first-order chi connectivity index (χ1) is 23.7. The van der Waals surface area contributed by atoms with Crippen LogP contribution >= 0.6 is 0 Å². The number of hydrogen-bond acceptors (Lipinski definition) is 10. The largest absolute Gasteiger partial charge is 0.416 e. The average molecular weight is 720 g/mol. The highest BCUT2D eigenvalue weighted by Gasteiger charge is 2.32. The lowest BCUT2D eigenvalue weighted by Crippen LogP contribution is -2.51. The Labute approximate surface area is 290 Å². The Morgan fingerprint density at radius 2 is 1.76 bits per heavy atom. The maximum absolute atomic E-state index is 12.8. The number of piperazine rings is 1. The molecule has 2 aromatic carbocycles. The predicted octanol–water partition coefficient (Wildman–Crippen LogP) is 4.07. The van der Waals surface area contributed by atoms with Crippen LogP contribution in [-0.4, -0.2) is 92.8 Å². The molecule has 2 aliphatic heterocycles. The number of carbonyl (C=O) groups is 1. The van der Waals surface area contributed by atoms with Crippen molar-refractivity contribution in [3.05, 3.63) is 70.7 Å². The Bertz CT molecular complexity index is 1690. The van der Waals surface area contributed by atoms with Crippen LogP contribution in [0.25, 0.3) is 0 Å². The standard InChI is InChI=1S/C23H34N8O2S.C8H5F4NO.C2H2/c1-18(2)34(32,33)30-12-10-29(11-13-30)15-22(31-16-23(25)27-17-28-31)20(8-9-24)14-19-4-6-21(26-3)7-5-19;9-6-2-1-5(8(10,11)12)3-7(6)13-4-14;1-2/h4-7,17-18,26H,8,10-16H2,1-3H3,(H2,25,27,28);1-4H,(H,13,14);1-2H/b22-20-;;. The summed E-state index contributed by atoms with van der Waals surface area (Å²) in [5.74, 6) is -0.458. The van der Waals surface area contributed by atoms with E-state index < -0.39 is 38.5 Å². The monoisotopic (exact) mass is 719 g/mol. The first-order valence-electron chi connectivity index (χ1n) is 15.3. The minimum Gasteiger partial charge on any atom is -0.388 e. The predicted molar refractivity (Wildman–Crippen MR) is 187 cm³/mol.